The third kappa shape index (κ3) is 2.25. The van der Waals surface area contributed by atoms with Crippen LogP contribution in [-0.4, -0.2) is 9.55 Å². The predicted molar refractivity (Wildman–Crippen MR) is 60.3 cm³/mol. The monoisotopic (exact) mass is 201 g/mol. The predicted octanol–water partition coefficient (Wildman–Crippen LogP) is 1.47. The van der Waals surface area contributed by atoms with Gasteiger partial charge in [0.2, 0.25) is 0 Å². The molecule has 15 heavy (non-hydrogen) atoms. The van der Waals surface area contributed by atoms with Gasteiger partial charge in [0.1, 0.15) is 5.82 Å². The van der Waals surface area contributed by atoms with Crippen LogP contribution in [0.4, 0.5) is 0 Å². The maximum atomic E-state index is 5.54. The summed E-state index contributed by atoms with van der Waals surface area (Å²) in [6.45, 7) is 0.600. The number of nitrogens with zero attached hydrogens (tertiary/aromatic N) is 2. The standard InChI is InChI=1S/C12H15N3/c1-15-7-6-14-12(15)8-10-2-4-11(9-13)5-3-10/h2-7H,8-9,13H2,1H3. The highest BCUT2D eigenvalue weighted by Crippen LogP contribution is 2.08. The fourth-order valence-electron chi connectivity index (χ4n) is 1.54. The smallest absolute Gasteiger partial charge is 0.112 e. The number of benzene rings is 1. The average Bonchev–Trinajstić information content (AvgIpc) is 2.66. The molecule has 0 saturated heterocycles. The van der Waals surface area contributed by atoms with E-state index in [9.17, 15) is 0 Å². The van der Waals surface area contributed by atoms with Crippen LogP contribution in [0.3, 0.4) is 0 Å². The largest absolute Gasteiger partial charge is 0.338 e. The molecule has 0 spiro atoms. The number of hydrogen-bond donors (Lipinski definition) is 1. The van der Waals surface area contributed by atoms with Gasteiger partial charge in [0.05, 0.1) is 0 Å². The molecule has 3 heteroatoms. The third-order valence-electron chi connectivity index (χ3n) is 2.54. The van der Waals surface area contributed by atoms with Gasteiger partial charge in [-0.3, -0.25) is 0 Å². The highest BCUT2D eigenvalue weighted by atomic mass is 15.0. The van der Waals surface area contributed by atoms with Crippen molar-refractivity contribution in [3.05, 3.63) is 53.6 Å². The summed E-state index contributed by atoms with van der Waals surface area (Å²) in [7, 11) is 2.01. The number of rotatable bonds is 3. The third-order valence-corrected chi connectivity index (χ3v) is 2.54. The molecule has 0 unspecified atom stereocenters. The van der Waals surface area contributed by atoms with Gasteiger partial charge in [-0.15, -0.1) is 0 Å². The SMILES string of the molecule is Cn1ccnc1Cc1ccc(CN)cc1. The second kappa shape index (κ2) is 4.28. The summed E-state index contributed by atoms with van der Waals surface area (Å²) < 4.78 is 2.04. The van der Waals surface area contributed by atoms with Crippen LogP contribution >= 0.6 is 0 Å². The van der Waals surface area contributed by atoms with Crippen LogP contribution in [0, 0.1) is 0 Å². The molecule has 1 heterocycles. The highest BCUT2D eigenvalue weighted by molar-refractivity contribution is 5.24. The van der Waals surface area contributed by atoms with Gasteiger partial charge in [0.15, 0.2) is 0 Å². The fourth-order valence-corrected chi connectivity index (χ4v) is 1.54. The van der Waals surface area contributed by atoms with E-state index in [1.165, 1.54) is 11.1 Å². The van der Waals surface area contributed by atoms with E-state index >= 15 is 0 Å². The van der Waals surface area contributed by atoms with E-state index in [-0.39, 0.29) is 0 Å². The van der Waals surface area contributed by atoms with Crippen LogP contribution in [0.1, 0.15) is 17.0 Å². The van der Waals surface area contributed by atoms with Crippen LogP contribution in [0.5, 0.6) is 0 Å². The lowest BCUT2D eigenvalue weighted by atomic mass is 10.1. The first-order chi connectivity index (χ1) is 7.29. The van der Waals surface area contributed by atoms with Crippen molar-refractivity contribution in [1.82, 2.24) is 9.55 Å². The van der Waals surface area contributed by atoms with Gasteiger partial charge in [0, 0.05) is 32.4 Å². The summed E-state index contributed by atoms with van der Waals surface area (Å²) in [5, 5.41) is 0. The number of aromatic nitrogens is 2. The molecule has 0 aliphatic carbocycles. The van der Waals surface area contributed by atoms with Crippen molar-refractivity contribution in [2.45, 2.75) is 13.0 Å². The number of hydrogen-bond acceptors (Lipinski definition) is 2. The Hall–Kier alpha value is -1.61. The summed E-state index contributed by atoms with van der Waals surface area (Å²) in [4.78, 5) is 4.29. The molecule has 0 atom stereocenters. The molecule has 0 aliphatic rings. The van der Waals surface area contributed by atoms with Gasteiger partial charge >= 0.3 is 0 Å². The van der Waals surface area contributed by atoms with Crippen LogP contribution in [-0.2, 0) is 20.0 Å². The number of aryl methyl sites for hydroxylation is 1. The molecule has 0 aliphatic heterocycles. The molecular weight excluding hydrogens is 186 g/mol. The first kappa shape index (κ1) is 9.93. The van der Waals surface area contributed by atoms with Crippen molar-refractivity contribution < 1.29 is 0 Å². The molecule has 3 nitrogen and oxygen atoms in total. The van der Waals surface area contributed by atoms with Crippen LogP contribution in [0.2, 0.25) is 0 Å². The minimum Gasteiger partial charge on any atom is -0.338 e. The summed E-state index contributed by atoms with van der Waals surface area (Å²) in [5.74, 6) is 1.08. The molecule has 2 N–H and O–H groups in total. The summed E-state index contributed by atoms with van der Waals surface area (Å²) in [6, 6.07) is 8.35. The van der Waals surface area contributed by atoms with Crippen molar-refractivity contribution in [3.8, 4) is 0 Å². The van der Waals surface area contributed by atoms with Gasteiger partial charge in [-0.25, -0.2) is 4.98 Å². The van der Waals surface area contributed by atoms with Crippen molar-refractivity contribution in [2.75, 3.05) is 0 Å². The van der Waals surface area contributed by atoms with Gasteiger partial charge in [-0.1, -0.05) is 24.3 Å². The molecule has 1 aromatic carbocycles. The Labute approximate surface area is 89.6 Å². The molecule has 0 bridgehead atoms. The summed E-state index contributed by atoms with van der Waals surface area (Å²) in [6.07, 6.45) is 4.65. The van der Waals surface area contributed by atoms with Gasteiger partial charge < -0.3 is 10.3 Å². The second-order valence-corrected chi connectivity index (χ2v) is 3.65. The molecule has 0 fully saturated rings. The van der Waals surface area contributed by atoms with Crippen molar-refractivity contribution in [3.63, 3.8) is 0 Å². The molecular formula is C12H15N3. The lowest BCUT2D eigenvalue weighted by molar-refractivity contribution is 0.821. The minimum atomic E-state index is 0.600. The highest BCUT2D eigenvalue weighted by Gasteiger charge is 2.00. The van der Waals surface area contributed by atoms with Crippen LogP contribution in [0.15, 0.2) is 36.7 Å². The zero-order valence-corrected chi connectivity index (χ0v) is 8.85. The lowest BCUT2D eigenvalue weighted by Crippen LogP contribution is -1.99. The van der Waals surface area contributed by atoms with Crippen LogP contribution < -0.4 is 5.73 Å². The topological polar surface area (TPSA) is 43.8 Å². The van der Waals surface area contributed by atoms with Crippen LogP contribution in [0.25, 0.3) is 0 Å². The van der Waals surface area contributed by atoms with E-state index in [0.29, 0.717) is 6.54 Å². The van der Waals surface area contributed by atoms with Crippen molar-refractivity contribution in [1.29, 1.82) is 0 Å². The molecule has 0 amide bonds. The fraction of sp³-hybridized carbons (Fsp3) is 0.250. The molecule has 0 saturated carbocycles. The Kier molecular flexibility index (Phi) is 2.83. The minimum absolute atomic E-state index is 0.600. The second-order valence-electron chi connectivity index (χ2n) is 3.65. The first-order valence-electron chi connectivity index (χ1n) is 5.03. The molecule has 2 rings (SSSR count). The Bertz CT molecular complexity index is 428. The van der Waals surface area contributed by atoms with Crippen molar-refractivity contribution >= 4 is 0 Å². The summed E-state index contributed by atoms with van der Waals surface area (Å²) >= 11 is 0. The van der Waals surface area contributed by atoms with E-state index < -0.39 is 0 Å². The number of nitrogens with two attached hydrogens (primary N) is 1. The maximum Gasteiger partial charge on any atom is 0.112 e. The van der Waals surface area contributed by atoms with E-state index in [2.05, 4.69) is 29.2 Å². The van der Waals surface area contributed by atoms with E-state index in [0.717, 1.165) is 12.2 Å². The van der Waals surface area contributed by atoms with Gasteiger partial charge in [0.25, 0.3) is 0 Å². The molecule has 78 valence electrons. The summed E-state index contributed by atoms with van der Waals surface area (Å²) in [5.41, 5.74) is 7.97. The molecule has 0 radical (unpaired) electrons. The van der Waals surface area contributed by atoms with E-state index in [1.54, 1.807) is 0 Å². The van der Waals surface area contributed by atoms with Gasteiger partial charge in [-0.2, -0.15) is 0 Å². The van der Waals surface area contributed by atoms with E-state index in [1.807, 2.05) is 24.0 Å². The van der Waals surface area contributed by atoms with Crippen molar-refractivity contribution in [2.24, 2.45) is 12.8 Å². The Morgan fingerprint density at radius 1 is 1.20 bits per heavy atom. The van der Waals surface area contributed by atoms with Gasteiger partial charge in [-0.05, 0) is 11.1 Å². The average molecular weight is 201 g/mol. The molecule has 2 aromatic rings. The Morgan fingerprint density at radius 3 is 2.40 bits per heavy atom. The zero-order chi connectivity index (χ0) is 10.7. The zero-order valence-electron chi connectivity index (χ0n) is 8.85. The normalized spacial score (nSPS) is 10.5. The molecule has 1 aromatic heterocycles. The quantitative estimate of drug-likeness (QED) is 0.817. The lowest BCUT2D eigenvalue weighted by Gasteiger charge is -2.03. The Morgan fingerprint density at radius 2 is 1.87 bits per heavy atom. The number of imidazole rings is 1. The first-order valence-corrected chi connectivity index (χ1v) is 5.03. The van der Waals surface area contributed by atoms with E-state index in [4.69, 9.17) is 5.73 Å². The Balaban J connectivity index is 2.14. The maximum absolute atomic E-state index is 5.54.